The van der Waals surface area contributed by atoms with Crippen molar-refractivity contribution in [1.82, 2.24) is 14.5 Å². The Bertz CT molecular complexity index is 809. The average Bonchev–Trinajstić information content (AvgIpc) is 2.70. The Balaban J connectivity index is 1.55. The number of sulfonamides is 1. The van der Waals surface area contributed by atoms with E-state index >= 15 is 0 Å². The summed E-state index contributed by atoms with van der Waals surface area (Å²) in [5.74, 6) is -0.169. The normalized spacial score (nSPS) is 21.6. The van der Waals surface area contributed by atoms with E-state index in [1.165, 1.54) is 10.4 Å². The Hall–Kier alpha value is -1.87. The first kappa shape index (κ1) is 20.9. The number of aryl methyl sites for hydroxylation is 1. The van der Waals surface area contributed by atoms with Gasteiger partial charge in [0.25, 0.3) is 0 Å². The van der Waals surface area contributed by atoms with Crippen LogP contribution in [-0.4, -0.2) is 74.7 Å². The summed E-state index contributed by atoms with van der Waals surface area (Å²) in [5, 5.41) is 3.04. The maximum absolute atomic E-state index is 14.2. The van der Waals surface area contributed by atoms with Crippen LogP contribution in [0.1, 0.15) is 25.3 Å². The zero-order valence-electron chi connectivity index (χ0n) is 16.5. The molecule has 0 saturated carbocycles. The van der Waals surface area contributed by atoms with Crippen molar-refractivity contribution in [3.63, 3.8) is 0 Å². The zero-order chi connectivity index (χ0) is 20.3. The van der Waals surface area contributed by atoms with Gasteiger partial charge in [0.1, 0.15) is 5.82 Å². The van der Waals surface area contributed by atoms with E-state index in [2.05, 4.69) is 5.32 Å². The van der Waals surface area contributed by atoms with E-state index in [9.17, 15) is 17.6 Å². The Morgan fingerprint density at radius 2 is 1.93 bits per heavy atom. The fraction of sp³-hybridized carbons (Fsp3) is 0.632. The summed E-state index contributed by atoms with van der Waals surface area (Å²) in [4.78, 5) is 16.3. The molecule has 156 valence electrons. The number of anilines is 1. The lowest BCUT2D eigenvalue weighted by Crippen LogP contribution is -2.56. The number of nitrogens with one attached hydrogen (secondary N) is 1. The summed E-state index contributed by atoms with van der Waals surface area (Å²) in [5.41, 5.74) is 1.58. The van der Waals surface area contributed by atoms with Gasteiger partial charge < -0.3 is 15.1 Å². The van der Waals surface area contributed by atoms with Crippen molar-refractivity contribution in [2.24, 2.45) is 0 Å². The highest BCUT2D eigenvalue weighted by atomic mass is 32.2. The second-order valence-electron chi connectivity index (χ2n) is 7.48. The molecule has 0 bridgehead atoms. The van der Waals surface area contributed by atoms with Gasteiger partial charge in [-0.3, -0.25) is 0 Å². The number of amides is 2. The van der Waals surface area contributed by atoms with Gasteiger partial charge in [-0.25, -0.2) is 17.6 Å². The van der Waals surface area contributed by atoms with E-state index in [1.54, 1.807) is 17.9 Å². The van der Waals surface area contributed by atoms with Crippen LogP contribution in [0.25, 0.3) is 0 Å². The van der Waals surface area contributed by atoms with E-state index in [0.29, 0.717) is 38.4 Å². The van der Waals surface area contributed by atoms with Gasteiger partial charge >= 0.3 is 6.03 Å². The zero-order valence-corrected chi connectivity index (χ0v) is 17.3. The Morgan fingerprint density at radius 1 is 1.21 bits per heavy atom. The van der Waals surface area contributed by atoms with E-state index < -0.39 is 10.0 Å². The maximum Gasteiger partial charge on any atom is 0.317 e. The summed E-state index contributed by atoms with van der Waals surface area (Å²) in [6.45, 7) is 6.31. The standard InChI is InChI=1S/C19H29FN4O3S/c1-3-28(26,27)24-11-9-22(10-12-24)19(25)21-16-5-4-8-23(14-16)18-13-15(2)6-7-17(18)20/h6-7,13,16H,3-5,8-12,14H2,1-2H3,(H,21,25). The van der Waals surface area contributed by atoms with Gasteiger partial charge in [0.15, 0.2) is 0 Å². The number of carbonyl (C=O) groups excluding carboxylic acids is 1. The van der Waals surface area contributed by atoms with Crippen LogP contribution in [0.2, 0.25) is 0 Å². The maximum atomic E-state index is 14.2. The lowest BCUT2D eigenvalue weighted by Gasteiger charge is -2.38. The van der Waals surface area contributed by atoms with Crippen LogP contribution in [-0.2, 0) is 10.0 Å². The third-order valence-electron chi connectivity index (χ3n) is 5.48. The van der Waals surface area contributed by atoms with Gasteiger partial charge in [-0.15, -0.1) is 0 Å². The molecule has 1 N–H and O–H groups in total. The number of piperazine rings is 1. The SMILES string of the molecule is CCS(=O)(=O)N1CCN(C(=O)NC2CCCN(c3cc(C)ccc3F)C2)CC1. The lowest BCUT2D eigenvalue weighted by molar-refractivity contribution is 0.167. The van der Waals surface area contributed by atoms with Crippen LogP contribution in [0.15, 0.2) is 18.2 Å². The van der Waals surface area contributed by atoms with Crippen molar-refractivity contribution in [1.29, 1.82) is 0 Å². The number of benzene rings is 1. The average molecular weight is 413 g/mol. The van der Waals surface area contributed by atoms with E-state index in [0.717, 1.165) is 24.9 Å². The van der Waals surface area contributed by atoms with Gasteiger partial charge in [0, 0.05) is 45.3 Å². The highest BCUT2D eigenvalue weighted by Gasteiger charge is 2.29. The minimum Gasteiger partial charge on any atom is -0.367 e. The molecule has 2 amide bonds. The van der Waals surface area contributed by atoms with Gasteiger partial charge in [0.2, 0.25) is 10.0 Å². The molecule has 1 atom stereocenters. The van der Waals surface area contributed by atoms with Gasteiger partial charge in [-0.1, -0.05) is 6.07 Å². The molecule has 1 aromatic carbocycles. The molecule has 3 rings (SSSR count). The number of halogens is 1. The summed E-state index contributed by atoms with van der Waals surface area (Å²) in [7, 11) is -3.21. The largest absolute Gasteiger partial charge is 0.367 e. The summed E-state index contributed by atoms with van der Waals surface area (Å²) < 4.78 is 39.5. The highest BCUT2D eigenvalue weighted by molar-refractivity contribution is 7.89. The third kappa shape index (κ3) is 4.75. The molecule has 0 spiro atoms. The van der Waals surface area contributed by atoms with Crippen LogP contribution in [0.4, 0.5) is 14.9 Å². The van der Waals surface area contributed by atoms with Gasteiger partial charge in [-0.2, -0.15) is 4.31 Å². The highest BCUT2D eigenvalue weighted by Crippen LogP contribution is 2.24. The lowest BCUT2D eigenvalue weighted by atomic mass is 10.0. The predicted octanol–water partition coefficient (Wildman–Crippen LogP) is 1.78. The van der Waals surface area contributed by atoms with Crippen molar-refractivity contribution >= 4 is 21.7 Å². The molecule has 9 heteroatoms. The molecule has 0 aliphatic carbocycles. The fourth-order valence-corrected chi connectivity index (χ4v) is 4.88. The molecule has 2 aliphatic rings. The molecular weight excluding hydrogens is 383 g/mol. The number of hydrogen-bond donors (Lipinski definition) is 1. The molecule has 0 radical (unpaired) electrons. The van der Waals surface area contributed by atoms with Crippen LogP contribution in [0.5, 0.6) is 0 Å². The van der Waals surface area contributed by atoms with Crippen molar-refractivity contribution in [3.05, 3.63) is 29.6 Å². The van der Waals surface area contributed by atoms with Gasteiger partial charge in [0.05, 0.1) is 11.4 Å². The summed E-state index contributed by atoms with van der Waals surface area (Å²) in [6.07, 6.45) is 1.72. The monoisotopic (exact) mass is 412 g/mol. The van der Waals surface area contributed by atoms with Crippen molar-refractivity contribution < 1.29 is 17.6 Å². The number of carbonyl (C=O) groups is 1. The molecule has 1 unspecified atom stereocenters. The van der Waals surface area contributed by atoms with Crippen molar-refractivity contribution in [2.45, 2.75) is 32.7 Å². The molecule has 7 nitrogen and oxygen atoms in total. The molecule has 2 fully saturated rings. The topological polar surface area (TPSA) is 73.0 Å². The smallest absolute Gasteiger partial charge is 0.317 e. The van der Waals surface area contributed by atoms with Crippen LogP contribution in [0, 0.1) is 12.7 Å². The Morgan fingerprint density at radius 3 is 2.61 bits per heavy atom. The number of piperidine rings is 1. The number of urea groups is 1. The predicted molar refractivity (Wildman–Crippen MR) is 108 cm³/mol. The number of nitrogens with zero attached hydrogens (tertiary/aromatic N) is 3. The summed E-state index contributed by atoms with van der Waals surface area (Å²) in [6, 6.07) is 4.84. The van der Waals surface area contributed by atoms with Crippen LogP contribution in [0.3, 0.4) is 0 Å². The Labute approximate surface area is 166 Å². The minimum atomic E-state index is -3.21. The third-order valence-corrected chi connectivity index (χ3v) is 7.36. The first-order chi connectivity index (χ1) is 13.3. The Kier molecular flexibility index (Phi) is 6.44. The molecule has 1 aromatic rings. The molecule has 28 heavy (non-hydrogen) atoms. The second-order valence-corrected chi connectivity index (χ2v) is 9.73. The molecule has 2 heterocycles. The van der Waals surface area contributed by atoms with Crippen LogP contribution < -0.4 is 10.2 Å². The van der Waals surface area contributed by atoms with Gasteiger partial charge in [-0.05, 0) is 44.4 Å². The molecule has 2 aliphatic heterocycles. The molecule has 2 saturated heterocycles. The van der Waals surface area contributed by atoms with E-state index in [1.807, 2.05) is 17.9 Å². The minimum absolute atomic E-state index is 0.0569. The van der Waals surface area contributed by atoms with E-state index in [4.69, 9.17) is 0 Å². The quantitative estimate of drug-likeness (QED) is 0.818. The second kappa shape index (κ2) is 8.65. The molecular formula is C19H29FN4O3S. The van der Waals surface area contributed by atoms with Crippen molar-refractivity contribution in [3.8, 4) is 0 Å². The number of hydrogen-bond acceptors (Lipinski definition) is 4. The van der Waals surface area contributed by atoms with E-state index in [-0.39, 0.29) is 23.6 Å². The first-order valence-electron chi connectivity index (χ1n) is 9.84. The summed E-state index contributed by atoms with van der Waals surface area (Å²) >= 11 is 0. The van der Waals surface area contributed by atoms with Crippen LogP contribution >= 0.6 is 0 Å². The molecule has 0 aromatic heterocycles. The van der Waals surface area contributed by atoms with Crippen molar-refractivity contribution in [2.75, 3.05) is 49.9 Å². The number of rotatable bonds is 4. The fourth-order valence-electron chi connectivity index (χ4n) is 3.80. The first-order valence-corrected chi connectivity index (χ1v) is 11.5.